The van der Waals surface area contributed by atoms with E-state index in [1.54, 1.807) is 12.0 Å². The second kappa shape index (κ2) is 7.60. The fourth-order valence-electron chi connectivity index (χ4n) is 3.31. The van der Waals surface area contributed by atoms with Crippen LogP contribution in [0.5, 0.6) is 5.75 Å². The summed E-state index contributed by atoms with van der Waals surface area (Å²) in [6.07, 6.45) is 1.05. The Balaban J connectivity index is 1.77. The zero-order valence-electron chi connectivity index (χ0n) is 15.4. The molecule has 0 aliphatic carbocycles. The average Bonchev–Trinajstić information content (AvgIpc) is 3.04. The van der Waals surface area contributed by atoms with Crippen LogP contribution in [-0.4, -0.2) is 25.5 Å². The Hall–Kier alpha value is -2.82. The van der Waals surface area contributed by atoms with E-state index in [9.17, 15) is 9.59 Å². The van der Waals surface area contributed by atoms with Crippen molar-refractivity contribution in [1.29, 1.82) is 0 Å². The van der Waals surface area contributed by atoms with Gasteiger partial charge in [0.1, 0.15) is 5.75 Å². The Bertz CT molecular complexity index is 832. The van der Waals surface area contributed by atoms with Gasteiger partial charge in [-0.3, -0.25) is 9.59 Å². The van der Waals surface area contributed by atoms with Crippen LogP contribution in [0.3, 0.4) is 0 Å². The molecule has 1 saturated heterocycles. The van der Waals surface area contributed by atoms with Gasteiger partial charge in [0.05, 0.1) is 18.7 Å². The van der Waals surface area contributed by atoms with Crippen LogP contribution in [-0.2, 0) is 16.0 Å². The van der Waals surface area contributed by atoms with Gasteiger partial charge in [-0.1, -0.05) is 31.2 Å². The number of nitrogens with one attached hydrogen (secondary N) is 1. The lowest BCUT2D eigenvalue weighted by Gasteiger charge is -2.20. The Morgan fingerprint density at radius 3 is 2.77 bits per heavy atom. The molecule has 5 nitrogen and oxygen atoms in total. The molecular formula is C21H24N2O3. The first-order valence-corrected chi connectivity index (χ1v) is 8.87. The van der Waals surface area contributed by atoms with E-state index < -0.39 is 0 Å². The summed E-state index contributed by atoms with van der Waals surface area (Å²) in [6, 6.07) is 13.5. The maximum absolute atomic E-state index is 12.7. The van der Waals surface area contributed by atoms with E-state index in [1.807, 2.05) is 49.4 Å². The fraction of sp³-hybridized carbons (Fsp3) is 0.333. The fourth-order valence-corrected chi connectivity index (χ4v) is 3.31. The van der Waals surface area contributed by atoms with Crippen LogP contribution in [0.15, 0.2) is 42.5 Å². The summed E-state index contributed by atoms with van der Waals surface area (Å²) in [7, 11) is 1.58. The number of rotatable bonds is 5. The van der Waals surface area contributed by atoms with Crippen molar-refractivity contribution in [3.63, 3.8) is 0 Å². The maximum Gasteiger partial charge on any atom is 0.229 e. The van der Waals surface area contributed by atoms with Crippen LogP contribution in [0, 0.1) is 12.8 Å². The van der Waals surface area contributed by atoms with Gasteiger partial charge in [-0.25, -0.2) is 0 Å². The van der Waals surface area contributed by atoms with Crippen molar-refractivity contribution < 1.29 is 14.3 Å². The van der Waals surface area contributed by atoms with Crippen molar-refractivity contribution in [2.75, 3.05) is 23.9 Å². The summed E-state index contributed by atoms with van der Waals surface area (Å²) in [5.74, 6) is 0.0881. The molecule has 1 aliphatic heterocycles. The molecule has 2 aromatic rings. The van der Waals surface area contributed by atoms with Gasteiger partial charge in [-0.15, -0.1) is 0 Å². The van der Waals surface area contributed by atoms with Crippen LogP contribution >= 0.6 is 0 Å². The lowest BCUT2D eigenvalue weighted by atomic mass is 10.1. The van der Waals surface area contributed by atoms with Crippen LogP contribution in [0.2, 0.25) is 0 Å². The highest BCUT2D eigenvalue weighted by molar-refractivity contribution is 6.04. The van der Waals surface area contributed by atoms with Crippen LogP contribution in [0.4, 0.5) is 11.4 Å². The molecular weight excluding hydrogens is 328 g/mol. The van der Waals surface area contributed by atoms with Crippen molar-refractivity contribution in [2.24, 2.45) is 5.92 Å². The van der Waals surface area contributed by atoms with E-state index in [0.29, 0.717) is 12.3 Å². The Labute approximate surface area is 154 Å². The quantitative estimate of drug-likeness (QED) is 0.895. The van der Waals surface area contributed by atoms with Crippen LogP contribution in [0.1, 0.15) is 24.5 Å². The molecule has 0 radical (unpaired) electrons. The molecule has 26 heavy (non-hydrogen) atoms. The molecule has 1 aliphatic rings. The minimum Gasteiger partial charge on any atom is -0.495 e. The number of nitrogens with zero attached hydrogens (tertiary/aromatic N) is 1. The van der Waals surface area contributed by atoms with Crippen molar-refractivity contribution >= 4 is 23.2 Å². The standard InChI is InChI=1S/C21H24N2O3/c1-4-15-7-5-6-8-17(15)22-21(25)16-12-20(24)23(13-16)18-11-14(2)9-10-19(18)26-3/h5-11,16H,4,12-13H2,1-3H3,(H,22,25). The minimum absolute atomic E-state index is 0.0576. The zero-order valence-corrected chi connectivity index (χ0v) is 15.4. The first-order valence-electron chi connectivity index (χ1n) is 8.87. The largest absolute Gasteiger partial charge is 0.495 e. The van der Waals surface area contributed by atoms with E-state index in [1.165, 1.54) is 0 Å². The molecule has 0 bridgehead atoms. The topological polar surface area (TPSA) is 58.6 Å². The molecule has 1 fully saturated rings. The molecule has 0 saturated carbocycles. The average molecular weight is 352 g/mol. The highest BCUT2D eigenvalue weighted by Crippen LogP contribution is 2.34. The number of methoxy groups -OCH3 is 1. The van der Waals surface area contributed by atoms with Gasteiger partial charge in [0.2, 0.25) is 11.8 Å². The summed E-state index contributed by atoms with van der Waals surface area (Å²) in [5, 5.41) is 2.99. The lowest BCUT2D eigenvalue weighted by Crippen LogP contribution is -2.28. The highest BCUT2D eigenvalue weighted by Gasteiger charge is 2.36. The molecule has 3 rings (SSSR count). The van der Waals surface area contributed by atoms with Gasteiger partial charge in [0.25, 0.3) is 0 Å². The van der Waals surface area contributed by atoms with Gasteiger partial charge in [-0.2, -0.15) is 0 Å². The lowest BCUT2D eigenvalue weighted by molar-refractivity contribution is -0.122. The van der Waals surface area contributed by atoms with Crippen LogP contribution < -0.4 is 15.0 Å². The smallest absolute Gasteiger partial charge is 0.229 e. The van der Waals surface area contributed by atoms with Gasteiger partial charge in [-0.05, 0) is 42.7 Å². The van der Waals surface area contributed by atoms with Gasteiger partial charge >= 0.3 is 0 Å². The van der Waals surface area contributed by atoms with Gasteiger partial charge in [0.15, 0.2) is 0 Å². The molecule has 136 valence electrons. The Morgan fingerprint density at radius 2 is 2.04 bits per heavy atom. The number of para-hydroxylation sites is 1. The molecule has 0 spiro atoms. The summed E-state index contributed by atoms with van der Waals surface area (Å²) in [6.45, 7) is 4.38. The third-order valence-corrected chi connectivity index (χ3v) is 4.78. The molecule has 0 aromatic heterocycles. The number of benzene rings is 2. The highest BCUT2D eigenvalue weighted by atomic mass is 16.5. The number of ether oxygens (including phenoxy) is 1. The maximum atomic E-state index is 12.7. The normalized spacial score (nSPS) is 16.7. The minimum atomic E-state index is -0.377. The molecule has 1 N–H and O–H groups in total. The van der Waals surface area contributed by atoms with E-state index in [-0.39, 0.29) is 24.2 Å². The number of carbonyl (C=O) groups is 2. The number of anilines is 2. The van der Waals surface area contributed by atoms with Crippen LogP contribution in [0.25, 0.3) is 0 Å². The van der Waals surface area contributed by atoms with E-state index >= 15 is 0 Å². The van der Waals surface area contributed by atoms with Crippen molar-refractivity contribution in [1.82, 2.24) is 0 Å². The predicted octanol–water partition coefficient (Wildman–Crippen LogP) is 3.56. The van der Waals surface area contributed by atoms with Crippen molar-refractivity contribution in [3.05, 3.63) is 53.6 Å². The molecule has 1 atom stereocenters. The first kappa shape index (κ1) is 18.0. The molecule has 1 heterocycles. The van der Waals surface area contributed by atoms with Crippen molar-refractivity contribution in [2.45, 2.75) is 26.7 Å². The summed E-state index contributed by atoms with van der Waals surface area (Å²) < 4.78 is 5.39. The second-order valence-electron chi connectivity index (χ2n) is 6.58. The second-order valence-corrected chi connectivity index (χ2v) is 6.58. The number of hydrogen-bond acceptors (Lipinski definition) is 3. The van der Waals surface area contributed by atoms with Crippen molar-refractivity contribution in [3.8, 4) is 5.75 Å². The number of amides is 2. The molecule has 5 heteroatoms. The molecule has 1 unspecified atom stereocenters. The first-order chi connectivity index (χ1) is 12.5. The Kier molecular flexibility index (Phi) is 5.26. The number of carbonyl (C=O) groups excluding carboxylic acids is 2. The third-order valence-electron chi connectivity index (χ3n) is 4.78. The zero-order chi connectivity index (χ0) is 18.7. The number of aryl methyl sites for hydroxylation is 2. The predicted molar refractivity (Wildman–Crippen MR) is 103 cm³/mol. The molecule has 2 aromatic carbocycles. The summed E-state index contributed by atoms with van der Waals surface area (Å²) >= 11 is 0. The summed E-state index contributed by atoms with van der Waals surface area (Å²) in [5.41, 5.74) is 3.67. The third kappa shape index (κ3) is 3.57. The van der Waals surface area contributed by atoms with Gasteiger partial charge in [0, 0.05) is 18.7 Å². The van der Waals surface area contributed by atoms with E-state index in [2.05, 4.69) is 12.2 Å². The Morgan fingerprint density at radius 1 is 1.27 bits per heavy atom. The van der Waals surface area contributed by atoms with Gasteiger partial charge < -0.3 is 15.0 Å². The SMILES string of the molecule is CCc1ccccc1NC(=O)C1CC(=O)N(c2cc(C)ccc2OC)C1. The monoisotopic (exact) mass is 352 g/mol. The number of hydrogen-bond donors (Lipinski definition) is 1. The van der Waals surface area contributed by atoms with E-state index in [4.69, 9.17) is 4.74 Å². The molecule has 2 amide bonds. The van der Waals surface area contributed by atoms with E-state index in [0.717, 1.165) is 28.9 Å². The summed E-state index contributed by atoms with van der Waals surface area (Å²) in [4.78, 5) is 26.9.